The Morgan fingerprint density at radius 3 is 2.57 bits per heavy atom. The molecule has 2 atom stereocenters. The van der Waals surface area contributed by atoms with Crippen molar-refractivity contribution in [1.82, 2.24) is 4.90 Å². The van der Waals surface area contributed by atoms with E-state index in [1.54, 1.807) is 0 Å². The molecule has 2 heteroatoms. The van der Waals surface area contributed by atoms with E-state index in [0.29, 0.717) is 6.61 Å². The maximum absolute atomic E-state index is 8.89. The molecule has 0 saturated carbocycles. The monoisotopic (exact) mass is 199 g/mol. The fourth-order valence-corrected chi connectivity index (χ4v) is 2.77. The van der Waals surface area contributed by atoms with Gasteiger partial charge in [0.15, 0.2) is 0 Å². The molecule has 84 valence electrons. The van der Waals surface area contributed by atoms with Crippen molar-refractivity contribution in [2.75, 3.05) is 20.2 Å². The van der Waals surface area contributed by atoms with Gasteiger partial charge in [0, 0.05) is 12.6 Å². The van der Waals surface area contributed by atoms with Crippen LogP contribution in [0, 0.1) is 11.8 Å². The number of aliphatic hydroxyl groups excluding tert-OH is 1. The van der Waals surface area contributed by atoms with Gasteiger partial charge < -0.3 is 10.0 Å². The van der Waals surface area contributed by atoms with Gasteiger partial charge in [-0.05, 0) is 51.1 Å². The lowest BCUT2D eigenvalue weighted by atomic mass is 9.83. The van der Waals surface area contributed by atoms with E-state index in [1.807, 2.05) is 0 Å². The third-order valence-corrected chi connectivity index (χ3v) is 3.62. The van der Waals surface area contributed by atoms with E-state index >= 15 is 0 Å². The number of hydrogen-bond donors (Lipinski definition) is 1. The number of aliphatic hydroxyl groups is 1. The average Bonchev–Trinajstić information content (AvgIpc) is 2.52. The zero-order valence-corrected chi connectivity index (χ0v) is 9.87. The van der Waals surface area contributed by atoms with E-state index in [4.69, 9.17) is 5.11 Å². The maximum Gasteiger partial charge on any atom is 0.0431 e. The van der Waals surface area contributed by atoms with Crippen molar-refractivity contribution in [2.45, 2.75) is 45.6 Å². The summed E-state index contributed by atoms with van der Waals surface area (Å²) in [5.74, 6) is 1.52. The smallest absolute Gasteiger partial charge is 0.0431 e. The van der Waals surface area contributed by atoms with Gasteiger partial charge in [0.1, 0.15) is 0 Å². The van der Waals surface area contributed by atoms with Gasteiger partial charge in [0.2, 0.25) is 0 Å². The summed E-state index contributed by atoms with van der Waals surface area (Å²) in [5, 5.41) is 8.89. The molecule has 0 amide bonds. The highest BCUT2D eigenvalue weighted by atomic mass is 16.2. The minimum atomic E-state index is 0.347. The van der Waals surface area contributed by atoms with Crippen LogP contribution in [0.5, 0.6) is 0 Å². The highest BCUT2D eigenvalue weighted by Gasteiger charge is 2.30. The van der Waals surface area contributed by atoms with Gasteiger partial charge in [-0.1, -0.05) is 13.8 Å². The first-order valence-corrected chi connectivity index (χ1v) is 5.98. The predicted molar refractivity (Wildman–Crippen MR) is 60.3 cm³/mol. The fourth-order valence-electron chi connectivity index (χ4n) is 2.77. The fraction of sp³-hybridized carbons (Fsp3) is 1.00. The molecular weight excluding hydrogens is 174 g/mol. The van der Waals surface area contributed by atoms with Crippen LogP contribution >= 0.6 is 0 Å². The molecule has 1 rings (SSSR count). The third-order valence-electron chi connectivity index (χ3n) is 3.62. The van der Waals surface area contributed by atoms with Crippen LogP contribution in [0.4, 0.5) is 0 Å². The van der Waals surface area contributed by atoms with Crippen LogP contribution in [0.1, 0.15) is 39.5 Å². The summed E-state index contributed by atoms with van der Waals surface area (Å²) in [4.78, 5) is 2.50. The largest absolute Gasteiger partial charge is 0.396 e. The Morgan fingerprint density at radius 1 is 1.43 bits per heavy atom. The lowest BCUT2D eigenvalue weighted by Gasteiger charge is -2.32. The van der Waals surface area contributed by atoms with Crippen LogP contribution in [-0.4, -0.2) is 36.2 Å². The van der Waals surface area contributed by atoms with Crippen LogP contribution in [0.25, 0.3) is 0 Å². The van der Waals surface area contributed by atoms with E-state index in [2.05, 4.69) is 25.8 Å². The SMILES string of the molecule is CC(C)C(CCCO)C1CCCN1C. The molecule has 0 aromatic rings. The Morgan fingerprint density at radius 2 is 2.14 bits per heavy atom. The second-order valence-electron chi connectivity index (χ2n) is 4.96. The van der Waals surface area contributed by atoms with Gasteiger partial charge in [0.05, 0.1) is 0 Å². The lowest BCUT2D eigenvalue weighted by molar-refractivity contribution is 0.161. The molecule has 0 spiro atoms. The zero-order valence-electron chi connectivity index (χ0n) is 9.87. The molecule has 1 saturated heterocycles. The Hall–Kier alpha value is -0.0800. The van der Waals surface area contributed by atoms with Gasteiger partial charge >= 0.3 is 0 Å². The van der Waals surface area contributed by atoms with Crippen molar-refractivity contribution in [2.24, 2.45) is 11.8 Å². The quantitative estimate of drug-likeness (QED) is 0.733. The molecule has 2 nitrogen and oxygen atoms in total. The maximum atomic E-state index is 8.89. The molecule has 1 aliphatic rings. The van der Waals surface area contributed by atoms with Crippen LogP contribution in [0.15, 0.2) is 0 Å². The molecule has 0 aromatic carbocycles. The summed E-state index contributed by atoms with van der Waals surface area (Å²) < 4.78 is 0. The molecule has 2 unspecified atom stereocenters. The van der Waals surface area contributed by atoms with Gasteiger partial charge in [-0.3, -0.25) is 0 Å². The first-order valence-electron chi connectivity index (χ1n) is 5.98. The van der Waals surface area contributed by atoms with Crippen LogP contribution in [0.2, 0.25) is 0 Å². The second kappa shape index (κ2) is 5.72. The number of nitrogens with zero attached hydrogens (tertiary/aromatic N) is 1. The summed E-state index contributed by atoms with van der Waals surface area (Å²) in [6.45, 7) is 6.23. The highest BCUT2D eigenvalue weighted by Crippen LogP contribution is 2.30. The van der Waals surface area contributed by atoms with Gasteiger partial charge in [-0.25, -0.2) is 0 Å². The molecule has 0 bridgehead atoms. The van der Waals surface area contributed by atoms with Crippen molar-refractivity contribution in [3.05, 3.63) is 0 Å². The number of rotatable bonds is 5. The molecule has 1 N–H and O–H groups in total. The van der Waals surface area contributed by atoms with E-state index in [9.17, 15) is 0 Å². The topological polar surface area (TPSA) is 23.5 Å². The molecule has 14 heavy (non-hydrogen) atoms. The van der Waals surface area contributed by atoms with Crippen molar-refractivity contribution < 1.29 is 5.11 Å². The van der Waals surface area contributed by atoms with E-state index < -0.39 is 0 Å². The summed E-state index contributed by atoms with van der Waals surface area (Å²) in [6.07, 6.45) is 4.85. The Kier molecular flexibility index (Phi) is 4.90. The molecule has 0 aliphatic carbocycles. The number of hydrogen-bond acceptors (Lipinski definition) is 2. The third kappa shape index (κ3) is 2.96. The van der Waals surface area contributed by atoms with Crippen LogP contribution in [0.3, 0.4) is 0 Å². The Bertz CT molecular complexity index is 158. The van der Waals surface area contributed by atoms with Crippen molar-refractivity contribution in [3.63, 3.8) is 0 Å². The van der Waals surface area contributed by atoms with E-state index in [-0.39, 0.29) is 0 Å². The van der Waals surface area contributed by atoms with Gasteiger partial charge in [-0.15, -0.1) is 0 Å². The van der Waals surface area contributed by atoms with Gasteiger partial charge in [0.25, 0.3) is 0 Å². The standard InChI is InChI=1S/C12H25NO/c1-10(2)11(6-5-9-14)12-7-4-8-13(12)3/h10-12,14H,4-9H2,1-3H3. The Labute approximate surface area is 88.3 Å². The van der Waals surface area contributed by atoms with E-state index in [1.165, 1.54) is 25.8 Å². The first-order chi connectivity index (χ1) is 6.66. The van der Waals surface area contributed by atoms with Crippen molar-refractivity contribution in [1.29, 1.82) is 0 Å². The molecular formula is C12H25NO. The zero-order chi connectivity index (χ0) is 10.6. The normalized spacial score (nSPS) is 25.9. The summed E-state index contributed by atoms with van der Waals surface area (Å²) in [5.41, 5.74) is 0. The summed E-state index contributed by atoms with van der Waals surface area (Å²) in [6, 6.07) is 0.765. The molecule has 0 radical (unpaired) electrons. The first kappa shape index (κ1) is 12.0. The minimum absolute atomic E-state index is 0.347. The Balaban J connectivity index is 2.48. The van der Waals surface area contributed by atoms with Crippen molar-refractivity contribution in [3.8, 4) is 0 Å². The molecule has 1 heterocycles. The van der Waals surface area contributed by atoms with E-state index in [0.717, 1.165) is 24.3 Å². The van der Waals surface area contributed by atoms with Crippen molar-refractivity contribution >= 4 is 0 Å². The molecule has 1 aliphatic heterocycles. The average molecular weight is 199 g/mol. The second-order valence-corrected chi connectivity index (χ2v) is 4.96. The highest BCUT2D eigenvalue weighted by molar-refractivity contribution is 4.84. The van der Waals surface area contributed by atoms with Gasteiger partial charge in [-0.2, -0.15) is 0 Å². The molecule has 0 aromatic heterocycles. The minimum Gasteiger partial charge on any atom is -0.396 e. The number of likely N-dealkylation sites (tertiary alicyclic amines) is 1. The van der Waals surface area contributed by atoms with Crippen LogP contribution in [-0.2, 0) is 0 Å². The molecule has 1 fully saturated rings. The predicted octanol–water partition coefficient (Wildman–Crippen LogP) is 2.13. The lowest BCUT2D eigenvalue weighted by Crippen LogP contribution is -2.35. The van der Waals surface area contributed by atoms with Crippen LogP contribution < -0.4 is 0 Å². The summed E-state index contributed by atoms with van der Waals surface area (Å²) >= 11 is 0. The summed E-state index contributed by atoms with van der Waals surface area (Å²) in [7, 11) is 2.24.